The molecule has 0 aliphatic rings. The van der Waals surface area contributed by atoms with Gasteiger partial charge in [0.1, 0.15) is 18.6 Å². The summed E-state index contributed by atoms with van der Waals surface area (Å²) in [4.78, 5) is 34.4. The van der Waals surface area contributed by atoms with Gasteiger partial charge in [-0.05, 0) is 29.7 Å². The highest BCUT2D eigenvalue weighted by Gasteiger charge is 2.23. The predicted octanol–water partition coefficient (Wildman–Crippen LogP) is 1.85. The average molecular weight is 371 g/mol. The molecular formula is C20H21NO6. The lowest BCUT2D eigenvalue weighted by Gasteiger charge is -2.24. The number of hydrogen-bond donors (Lipinski definition) is 2. The molecule has 7 heteroatoms. The van der Waals surface area contributed by atoms with Crippen LogP contribution in [0.15, 0.2) is 54.6 Å². The van der Waals surface area contributed by atoms with Crippen molar-refractivity contribution in [2.24, 2.45) is 0 Å². The van der Waals surface area contributed by atoms with Gasteiger partial charge in [-0.3, -0.25) is 14.5 Å². The first kappa shape index (κ1) is 20.1. The second-order valence-corrected chi connectivity index (χ2v) is 6.02. The van der Waals surface area contributed by atoms with Crippen molar-refractivity contribution in [2.45, 2.75) is 19.1 Å². The maximum Gasteiger partial charge on any atom is 0.317 e. The molecule has 0 spiro atoms. The molecule has 1 unspecified atom stereocenters. The van der Waals surface area contributed by atoms with Crippen molar-refractivity contribution in [3.05, 3.63) is 65.7 Å². The van der Waals surface area contributed by atoms with E-state index in [4.69, 9.17) is 14.9 Å². The van der Waals surface area contributed by atoms with Crippen LogP contribution in [0.25, 0.3) is 0 Å². The summed E-state index contributed by atoms with van der Waals surface area (Å²) in [5.74, 6) is -1.71. The van der Waals surface area contributed by atoms with E-state index in [2.05, 4.69) is 0 Å². The van der Waals surface area contributed by atoms with Gasteiger partial charge < -0.3 is 19.7 Å². The van der Waals surface area contributed by atoms with Gasteiger partial charge in [0.25, 0.3) is 0 Å². The molecule has 0 fully saturated rings. The van der Waals surface area contributed by atoms with Gasteiger partial charge in [-0.25, -0.2) is 0 Å². The van der Waals surface area contributed by atoms with Crippen molar-refractivity contribution >= 4 is 18.2 Å². The molecule has 0 aliphatic carbocycles. The maximum absolute atomic E-state index is 11.4. The van der Waals surface area contributed by atoms with Crippen molar-refractivity contribution in [1.29, 1.82) is 0 Å². The summed E-state index contributed by atoms with van der Waals surface area (Å²) in [5, 5.41) is 17.9. The Labute approximate surface area is 156 Å². The Kier molecular flexibility index (Phi) is 7.51. The molecule has 1 atom stereocenters. The van der Waals surface area contributed by atoms with E-state index in [0.717, 1.165) is 16.0 Å². The second-order valence-electron chi connectivity index (χ2n) is 6.02. The van der Waals surface area contributed by atoms with E-state index in [9.17, 15) is 14.4 Å². The first-order valence-electron chi connectivity index (χ1n) is 8.36. The van der Waals surface area contributed by atoms with Gasteiger partial charge in [-0.1, -0.05) is 42.5 Å². The molecule has 2 N–H and O–H groups in total. The maximum atomic E-state index is 11.4. The number of benzene rings is 2. The first-order chi connectivity index (χ1) is 13.0. The minimum absolute atomic E-state index is 0.211. The zero-order valence-corrected chi connectivity index (χ0v) is 14.7. The van der Waals surface area contributed by atoms with Crippen LogP contribution in [-0.2, 0) is 27.4 Å². The molecule has 7 nitrogen and oxygen atoms in total. The summed E-state index contributed by atoms with van der Waals surface area (Å²) in [6.45, 7) is -0.607. The molecule has 2 rings (SSSR count). The van der Waals surface area contributed by atoms with Gasteiger partial charge in [0.15, 0.2) is 0 Å². The molecule has 0 saturated heterocycles. The van der Waals surface area contributed by atoms with Crippen molar-refractivity contribution in [2.75, 3.05) is 13.1 Å². The monoisotopic (exact) mass is 371 g/mol. The zero-order chi connectivity index (χ0) is 19.6. The van der Waals surface area contributed by atoms with Gasteiger partial charge in [0, 0.05) is 0 Å². The molecule has 0 amide bonds. The van der Waals surface area contributed by atoms with Crippen LogP contribution in [0.1, 0.15) is 11.1 Å². The van der Waals surface area contributed by atoms with Crippen LogP contribution in [-0.4, -0.2) is 52.5 Å². The lowest BCUT2D eigenvalue weighted by Crippen LogP contribution is -2.44. The van der Waals surface area contributed by atoms with Gasteiger partial charge in [-0.2, -0.15) is 0 Å². The fourth-order valence-electron chi connectivity index (χ4n) is 2.61. The van der Waals surface area contributed by atoms with Crippen molar-refractivity contribution in [3.8, 4) is 5.75 Å². The van der Waals surface area contributed by atoms with E-state index in [-0.39, 0.29) is 6.42 Å². The largest absolute Gasteiger partial charge is 0.489 e. The molecule has 142 valence electrons. The van der Waals surface area contributed by atoms with Gasteiger partial charge >= 0.3 is 11.9 Å². The quantitative estimate of drug-likeness (QED) is 0.581. The van der Waals surface area contributed by atoms with Crippen LogP contribution in [0.5, 0.6) is 5.75 Å². The van der Waals surface area contributed by atoms with E-state index in [0.29, 0.717) is 18.6 Å². The molecule has 0 aliphatic heterocycles. The number of aliphatic carboxylic acids is 2. The summed E-state index contributed by atoms with van der Waals surface area (Å²) in [7, 11) is 0. The lowest BCUT2D eigenvalue weighted by molar-refractivity contribution is -0.143. The molecule has 0 radical (unpaired) electrons. The molecule has 0 bridgehead atoms. The molecule has 27 heavy (non-hydrogen) atoms. The highest BCUT2D eigenvalue weighted by Crippen LogP contribution is 2.16. The Morgan fingerprint density at radius 1 is 0.926 bits per heavy atom. The fourth-order valence-corrected chi connectivity index (χ4v) is 2.61. The number of rotatable bonds is 11. The second kappa shape index (κ2) is 10.1. The summed E-state index contributed by atoms with van der Waals surface area (Å²) in [6.07, 6.45) is 0.786. The number of carbonyl (C=O) groups excluding carboxylic acids is 1. The van der Waals surface area contributed by atoms with Crippen LogP contribution in [0.2, 0.25) is 0 Å². The Balaban J connectivity index is 1.98. The van der Waals surface area contributed by atoms with Crippen LogP contribution < -0.4 is 4.74 Å². The standard InChI is InChI=1S/C20H21NO6/c22-13-17(21(11-19(23)24)12-20(25)26)10-15-6-8-18(9-7-15)27-14-16-4-2-1-3-5-16/h1-9,13,17H,10-12,14H2,(H,23,24)(H,25,26). The highest BCUT2D eigenvalue weighted by molar-refractivity contribution is 5.74. The molecule has 2 aromatic carbocycles. The number of ether oxygens (including phenoxy) is 1. The molecular weight excluding hydrogens is 350 g/mol. The Bertz CT molecular complexity index is 744. The summed E-state index contributed by atoms with van der Waals surface area (Å²) < 4.78 is 5.70. The van der Waals surface area contributed by atoms with E-state index in [1.54, 1.807) is 24.3 Å². The lowest BCUT2D eigenvalue weighted by atomic mass is 10.1. The zero-order valence-electron chi connectivity index (χ0n) is 14.7. The fraction of sp³-hybridized carbons (Fsp3) is 0.250. The van der Waals surface area contributed by atoms with Gasteiger partial charge in [-0.15, -0.1) is 0 Å². The number of carboxylic acids is 2. The third-order valence-electron chi connectivity index (χ3n) is 3.92. The molecule has 0 saturated carbocycles. The average Bonchev–Trinajstić information content (AvgIpc) is 2.65. The van der Waals surface area contributed by atoms with Crippen molar-refractivity contribution in [3.63, 3.8) is 0 Å². The van der Waals surface area contributed by atoms with E-state index in [1.165, 1.54) is 0 Å². The third kappa shape index (κ3) is 6.91. The topological polar surface area (TPSA) is 104 Å². The first-order valence-corrected chi connectivity index (χ1v) is 8.36. The number of hydrogen-bond acceptors (Lipinski definition) is 5. The minimum atomic E-state index is -1.19. The smallest absolute Gasteiger partial charge is 0.317 e. The van der Waals surface area contributed by atoms with Gasteiger partial charge in [0.05, 0.1) is 19.1 Å². The molecule has 0 aromatic heterocycles. The Morgan fingerprint density at radius 3 is 2.04 bits per heavy atom. The number of carbonyl (C=O) groups is 3. The van der Waals surface area contributed by atoms with E-state index < -0.39 is 31.1 Å². The van der Waals surface area contributed by atoms with Crippen LogP contribution in [0.4, 0.5) is 0 Å². The SMILES string of the molecule is O=CC(Cc1ccc(OCc2ccccc2)cc1)N(CC(=O)O)CC(=O)O. The number of aldehydes is 1. The van der Waals surface area contributed by atoms with Gasteiger partial charge in [0.2, 0.25) is 0 Å². The molecule has 0 heterocycles. The highest BCUT2D eigenvalue weighted by atomic mass is 16.5. The minimum Gasteiger partial charge on any atom is -0.489 e. The van der Waals surface area contributed by atoms with Crippen molar-refractivity contribution < 1.29 is 29.3 Å². The summed E-state index contributed by atoms with van der Waals surface area (Å²) in [5.41, 5.74) is 1.82. The summed E-state index contributed by atoms with van der Waals surface area (Å²) in [6, 6.07) is 16.0. The number of carboxylic acid groups (broad SMARTS) is 2. The molecule has 2 aromatic rings. The third-order valence-corrected chi connectivity index (χ3v) is 3.92. The predicted molar refractivity (Wildman–Crippen MR) is 97.6 cm³/mol. The van der Waals surface area contributed by atoms with Crippen LogP contribution in [0, 0.1) is 0 Å². The van der Waals surface area contributed by atoms with E-state index >= 15 is 0 Å². The Morgan fingerprint density at radius 2 is 1.52 bits per heavy atom. The Hall–Kier alpha value is -3.19. The van der Waals surface area contributed by atoms with Crippen LogP contribution in [0.3, 0.4) is 0 Å². The summed E-state index contributed by atoms with van der Waals surface area (Å²) >= 11 is 0. The van der Waals surface area contributed by atoms with Crippen LogP contribution >= 0.6 is 0 Å². The van der Waals surface area contributed by atoms with Crippen molar-refractivity contribution in [1.82, 2.24) is 4.90 Å². The van der Waals surface area contributed by atoms with E-state index in [1.807, 2.05) is 30.3 Å². The normalized spacial score (nSPS) is 11.7. The number of nitrogens with zero attached hydrogens (tertiary/aromatic N) is 1.